The van der Waals surface area contributed by atoms with Crippen molar-refractivity contribution in [3.05, 3.63) is 64.7 Å². The molecule has 1 fully saturated rings. The average molecular weight is 718 g/mol. The summed E-state index contributed by atoms with van der Waals surface area (Å²) in [6.45, 7) is 2.61. The molecule has 1 heterocycles. The monoisotopic (exact) mass is 717 g/mol. The van der Waals surface area contributed by atoms with Crippen molar-refractivity contribution < 1.29 is 73.8 Å². The minimum absolute atomic E-state index is 0.0293. The van der Waals surface area contributed by atoms with Crippen LogP contribution in [0.5, 0.6) is 34.5 Å². The van der Waals surface area contributed by atoms with Gasteiger partial charge in [-0.15, -0.1) is 0 Å². The van der Waals surface area contributed by atoms with Gasteiger partial charge in [-0.2, -0.15) is 0 Å². The Morgan fingerprint density at radius 3 is 2.24 bits per heavy atom. The van der Waals surface area contributed by atoms with E-state index in [1.807, 2.05) is 31.2 Å². The third-order valence-electron chi connectivity index (χ3n) is 8.17. The highest BCUT2D eigenvalue weighted by atomic mass is 16.7. The number of methoxy groups -OCH3 is 2. The smallest absolute Gasteiger partial charge is 0.342 e. The molecule has 0 radical (unpaired) electrons. The van der Waals surface area contributed by atoms with Gasteiger partial charge < -0.3 is 69.5 Å². The summed E-state index contributed by atoms with van der Waals surface area (Å²) in [5.41, 5.74) is 1.46. The van der Waals surface area contributed by atoms with Crippen molar-refractivity contribution in [1.82, 2.24) is 0 Å². The zero-order chi connectivity index (χ0) is 37.4. The Balaban J connectivity index is 1.51. The predicted molar refractivity (Wildman–Crippen MR) is 179 cm³/mol. The van der Waals surface area contributed by atoms with Gasteiger partial charge in [0.2, 0.25) is 17.8 Å². The van der Waals surface area contributed by atoms with E-state index in [4.69, 9.17) is 28.4 Å². The minimum atomic E-state index is -1.86. The van der Waals surface area contributed by atoms with Crippen LogP contribution in [0.1, 0.15) is 45.7 Å². The molecule has 16 nitrogen and oxygen atoms in total. The fourth-order valence-corrected chi connectivity index (χ4v) is 5.27. The van der Waals surface area contributed by atoms with Crippen LogP contribution in [0.2, 0.25) is 0 Å². The largest absolute Gasteiger partial charge is 0.504 e. The zero-order valence-electron chi connectivity index (χ0n) is 28.4. The van der Waals surface area contributed by atoms with Gasteiger partial charge in [0, 0.05) is 30.7 Å². The molecule has 0 spiro atoms. The van der Waals surface area contributed by atoms with Crippen LogP contribution in [0.3, 0.4) is 0 Å². The Labute approximate surface area is 293 Å². The maximum atomic E-state index is 13.2. The second-order valence-electron chi connectivity index (χ2n) is 11.7. The summed E-state index contributed by atoms with van der Waals surface area (Å²) in [6, 6.07) is 10.7. The van der Waals surface area contributed by atoms with E-state index in [1.165, 1.54) is 20.3 Å². The fraction of sp³-hybridized carbons (Fsp3) is 0.429. The average Bonchev–Trinajstić information content (AvgIpc) is 3.12. The van der Waals surface area contributed by atoms with Crippen molar-refractivity contribution in [2.45, 2.75) is 63.4 Å². The topological polar surface area (TPSA) is 243 Å². The number of anilines is 1. The maximum absolute atomic E-state index is 13.2. The maximum Gasteiger partial charge on any atom is 0.342 e. The summed E-state index contributed by atoms with van der Waals surface area (Å²) in [5.74, 6) is -4.57. The molecular formula is C35H43NO15. The lowest BCUT2D eigenvalue weighted by Crippen LogP contribution is -2.60. The molecule has 3 aromatic carbocycles. The van der Waals surface area contributed by atoms with Crippen molar-refractivity contribution >= 4 is 17.6 Å². The summed E-state index contributed by atoms with van der Waals surface area (Å²) >= 11 is 0. The van der Waals surface area contributed by atoms with Crippen molar-refractivity contribution in [3.63, 3.8) is 0 Å². The lowest BCUT2D eigenvalue weighted by Gasteiger charge is -2.40. The molecule has 6 atom stereocenters. The number of aromatic hydroxyl groups is 2. The van der Waals surface area contributed by atoms with E-state index in [9.17, 15) is 45.3 Å². The third kappa shape index (κ3) is 9.03. The number of carbonyl (C=O) groups is 2. The van der Waals surface area contributed by atoms with Crippen molar-refractivity contribution in [2.75, 3.05) is 39.4 Å². The standard InChI is InChI=1S/C35H43NO15/c1-5-18-7-6-8-19(11-18)9-10-48-32-27(38)21(13-25(47-4)29(32)40)34(45)49-16-26-28(39)30(41)31(42)35(51-26)50-24-14-22(36-17(2)15-37)20(33(43)44)12-23(24)46-3/h6-8,11-14,17,26,28,30-31,35-42H,5,9-10,15-16H2,1-4H3,(H,43,44)/t17-,26+,28-,30+,31-,35-/m1/s1. The molecule has 0 aromatic heterocycles. The Kier molecular flexibility index (Phi) is 13.1. The number of hydrogen-bond acceptors (Lipinski definition) is 15. The Morgan fingerprint density at radius 1 is 0.902 bits per heavy atom. The van der Waals surface area contributed by atoms with Gasteiger partial charge in [0.05, 0.1) is 38.7 Å². The van der Waals surface area contributed by atoms with Crippen LogP contribution in [0, 0.1) is 0 Å². The number of rotatable bonds is 16. The van der Waals surface area contributed by atoms with Gasteiger partial charge in [-0.05, 0) is 24.5 Å². The van der Waals surface area contributed by atoms with E-state index in [0.717, 1.165) is 29.7 Å². The van der Waals surface area contributed by atoms with Crippen LogP contribution in [0.25, 0.3) is 0 Å². The molecule has 1 aliphatic heterocycles. The second kappa shape index (κ2) is 17.3. The van der Waals surface area contributed by atoms with Crippen LogP contribution in [0.4, 0.5) is 5.69 Å². The molecular weight excluding hydrogens is 674 g/mol. The van der Waals surface area contributed by atoms with Crippen molar-refractivity contribution in [2.24, 2.45) is 0 Å². The lowest BCUT2D eigenvalue weighted by atomic mass is 9.99. The van der Waals surface area contributed by atoms with Crippen molar-refractivity contribution in [3.8, 4) is 34.5 Å². The number of aliphatic hydroxyl groups is 4. The molecule has 8 N–H and O–H groups in total. The summed E-state index contributed by atoms with van der Waals surface area (Å²) in [4.78, 5) is 25.1. The van der Waals surface area contributed by atoms with Crippen LogP contribution in [-0.4, -0.2) is 118 Å². The van der Waals surface area contributed by atoms with E-state index in [-0.39, 0.29) is 41.7 Å². The molecule has 1 aliphatic rings. The molecule has 0 aliphatic carbocycles. The summed E-state index contributed by atoms with van der Waals surface area (Å²) in [5, 5.41) is 75.5. The molecule has 0 amide bonds. The van der Waals surface area contributed by atoms with Gasteiger partial charge >= 0.3 is 11.9 Å². The molecule has 0 bridgehead atoms. The number of ether oxygens (including phenoxy) is 6. The normalized spacial score (nSPS) is 20.6. The first-order chi connectivity index (χ1) is 24.3. The number of aliphatic hydroxyl groups excluding tert-OH is 4. The zero-order valence-corrected chi connectivity index (χ0v) is 28.4. The quantitative estimate of drug-likeness (QED) is 0.0986. The first kappa shape index (κ1) is 38.8. The number of phenols is 2. The molecule has 0 unspecified atom stereocenters. The third-order valence-corrected chi connectivity index (χ3v) is 8.17. The summed E-state index contributed by atoms with van der Waals surface area (Å²) in [6.07, 6.45) is -7.38. The number of aromatic carboxylic acids is 1. The van der Waals surface area contributed by atoms with Crippen LogP contribution in [-0.2, 0) is 22.3 Å². The van der Waals surface area contributed by atoms with Crippen LogP contribution < -0.4 is 24.3 Å². The number of hydrogen-bond donors (Lipinski definition) is 8. The van der Waals surface area contributed by atoms with E-state index >= 15 is 0 Å². The van der Waals surface area contributed by atoms with Gasteiger partial charge in [0.25, 0.3) is 0 Å². The van der Waals surface area contributed by atoms with Gasteiger partial charge in [-0.1, -0.05) is 31.2 Å². The number of phenolic OH excluding ortho intramolecular Hbond substituents is 2. The Morgan fingerprint density at radius 2 is 1.59 bits per heavy atom. The fourth-order valence-electron chi connectivity index (χ4n) is 5.27. The molecule has 4 rings (SSSR count). The molecule has 278 valence electrons. The molecule has 16 heteroatoms. The van der Waals surface area contributed by atoms with Gasteiger partial charge in [-0.3, -0.25) is 0 Å². The van der Waals surface area contributed by atoms with E-state index in [0.29, 0.717) is 6.42 Å². The van der Waals surface area contributed by atoms with Gasteiger partial charge in [0.15, 0.2) is 23.0 Å². The SMILES string of the molecule is CCc1cccc(CCOc2c(O)c(OC)cc(C(=O)OC[C@@H]3O[C@@H](Oc4cc(N[C@H](C)CO)c(C(=O)O)cc4OC)[C@H](O)[C@@H](O)[C@@H]3O)c2O)c1. The second-order valence-corrected chi connectivity index (χ2v) is 11.7. The summed E-state index contributed by atoms with van der Waals surface area (Å²) in [7, 11) is 2.47. The molecule has 0 saturated carbocycles. The lowest BCUT2D eigenvalue weighted by molar-refractivity contribution is -0.277. The van der Waals surface area contributed by atoms with E-state index in [2.05, 4.69) is 5.32 Å². The molecule has 3 aromatic rings. The Hall–Kier alpha value is -5.00. The van der Waals surface area contributed by atoms with Gasteiger partial charge in [0.1, 0.15) is 36.6 Å². The highest BCUT2D eigenvalue weighted by Crippen LogP contribution is 2.46. The van der Waals surface area contributed by atoms with E-state index in [1.54, 1.807) is 6.92 Å². The predicted octanol–water partition coefficient (Wildman–Crippen LogP) is 1.83. The number of carboxylic acid groups (broad SMARTS) is 1. The van der Waals surface area contributed by atoms with Crippen LogP contribution >= 0.6 is 0 Å². The summed E-state index contributed by atoms with van der Waals surface area (Å²) < 4.78 is 32.9. The van der Waals surface area contributed by atoms with E-state index < -0.39 is 78.1 Å². The van der Waals surface area contributed by atoms with Gasteiger partial charge in [-0.25, -0.2) is 9.59 Å². The number of carboxylic acids is 1. The van der Waals surface area contributed by atoms with Crippen LogP contribution in [0.15, 0.2) is 42.5 Å². The number of esters is 1. The molecule has 51 heavy (non-hydrogen) atoms. The molecule has 1 saturated heterocycles. The number of carbonyl (C=O) groups excluding carboxylic acids is 1. The number of aryl methyl sites for hydroxylation is 1. The first-order valence-electron chi connectivity index (χ1n) is 16.0. The highest BCUT2D eigenvalue weighted by molar-refractivity contribution is 5.96. The first-order valence-corrected chi connectivity index (χ1v) is 16.0. The minimum Gasteiger partial charge on any atom is -0.504 e. The van der Waals surface area contributed by atoms with Crippen molar-refractivity contribution in [1.29, 1.82) is 0 Å². The number of nitrogens with one attached hydrogen (secondary N) is 1. The number of benzene rings is 3. The Bertz CT molecular complexity index is 1680. The highest BCUT2D eigenvalue weighted by Gasteiger charge is 2.46.